The lowest BCUT2D eigenvalue weighted by molar-refractivity contribution is -0.131. The van der Waals surface area contributed by atoms with Crippen molar-refractivity contribution >= 4 is 5.78 Å². The second kappa shape index (κ2) is 4.92. The molecule has 0 aromatic heterocycles. The molecule has 2 heteroatoms. The maximum atomic E-state index is 12.0. The Labute approximate surface area is 87.5 Å². The molecule has 0 unspecified atom stereocenters. The van der Waals surface area contributed by atoms with Crippen molar-refractivity contribution in [3.8, 4) is 0 Å². The summed E-state index contributed by atoms with van der Waals surface area (Å²) in [4.78, 5) is 12.0. The van der Waals surface area contributed by atoms with E-state index >= 15 is 0 Å². The van der Waals surface area contributed by atoms with Gasteiger partial charge in [0.1, 0.15) is 0 Å². The number of rotatable bonds is 6. The molecule has 1 aliphatic heterocycles. The van der Waals surface area contributed by atoms with Crippen LogP contribution in [0.4, 0.5) is 0 Å². The van der Waals surface area contributed by atoms with Gasteiger partial charge in [-0.3, -0.25) is 4.79 Å². The Hall–Kier alpha value is -0.370. The van der Waals surface area contributed by atoms with Gasteiger partial charge in [0.2, 0.25) is 0 Å². The highest BCUT2D eigenvalue weighted by Crippen LogP contribution is 2.28. The summed E-state index contributed by atoms with van der Waals surface area (Å²) in [6.45, 7) is 7.39. The summed E-state index contributed by atoms with van der Waals surface area (Å²) >= 11 is 0. The molecule has 0 aliphatic carbocycles. The van der Waals surface area contributed by atoms with Crippen LogP contribution in [-0.4, -0.2) is 18.4 Å². The van der Waals surface area contributed by atoms with Crippen LogP contribution in [0.25, 0.3) is 0 Å². The quantitative estimate of drug-likeness (QED) is 0.663. The molecule has 0 bridgehead atoms. The van der Waals surface area contributed by atoms with Crippen molar-refractivity contribution in [1.82, 2.24) is 5.32 Å². The van der Waals surface area contributed by atoms with Gasteiger partial charge in [0, 0.05) is 5.41 Å². The zero-order valence-electron chi connectivity index (χ0n) is 9.73. The monoisotopic (exact) mass is 197 g/mol. The van der Waals surface area contributed by atoms with Crippen molar-refractivity contribution in [2.75, 3.05) is 6.54 Å². The zero-order chi connectivity index (χ0) is 10.6. The summed E-state index contributed by atoms with van der Waals surface area (Å²) in [5.41, 5.74) is -0.118. The van der Waals surface area contributed by atoms with Gasteiger partial charge in [-0.2, -0.15) is 0 Å². The number of hydrogen-bond donors (Lipinski definition) is 1. The molecular weight excluding hydrogens is 174 g/mol. The molecule has 14 heavy (non-hydrogen) atoms. The summed E-state index contributed by atoms with van der Waals surface area (Å²) in [5.74, 6) is 0.417. The van der Waals surface area contributed by atoms with Crippen LogP contribution < -0.4 is 5.32 Å². The van der Waals surface area contributed by atoms with Gasteiger partial charge in [-0.25, -0.2) is 0 Å². The Balaban J connectivity index is 2.34. The molecule has 0 saturated carbocycles. The number of Topliss-reactive ketones (excluding diaryl/α,β-unsaturated/α-hetero) is 1. The smallest absolute Gasteiger partial charge is 0.155 e. The van der Waals surface area contributed by atoms with Crippen molar-refractivity contribution in [1.29, 1.82) is 0 Å². The first-order chi connectivity index (χ1) is 6.58. The molecular formula is C12H23NO. The van der Waals surface area contributed by atoms with E-state index in [1.165, 1.54) is 19.3 Å². The zero-order valence-corrected chi connectivity index (χ0v) is 9.73. The molecule has 0 aromatic carbocycles. The molecule has 0 spiro atoms. The third kappa shape index (κ3) is 2.81. The predicted octanol–water partition coefficient (Wildman–Crippen LogP) is 2.52. The fourth-order valence-corrected chi connectivity index (χ4v) is 1.92. The standard InChI is InChI=1S/C12H23NO/c1-4-5-6-8-12(2,3)11(14)10-7-9-13-10/h10,13H,4-9H2,1-3H3/t10-/m1/s1. The van der Waals surface area contributed by atoms with Crippen molar-refractivity contribution in [2.24, 2.45) is 5.41 Å². The highest BCUT2D eigenvalue weighted by atomic mass is 16.1. The maximum Gasteiger partial charge on any atom is 0.155 e. The van der Waals surface area contributed by atoms with E-state index in [9.17, 15) is 4.79 Å². The minimum Gasteiger partial charge on any atom is -0.307 e. The minimum atomic E-state index is -0.118. The molecule has 1 saturated heterocycles. The number of carbonyl (C=O) groups is 1. The third-order valence-corrected chi connectivity index (χ3v) is 3.21. The minimum absolute atomic E-state index is 0.118. The van der Waals surface area contributed by atoms with Crippen molar-refractivity contribution in [3.05, 3.63) is 0 Å². The van der Waals surface area contributed by atoms with Crippen LogP contribution in [0.1, 0.15) is 52.9 Å². The van der Waals surface area contributed by atoms with Gasteiger partial charge >= 0.3 is 0 Å². The molecule has 1 atom stereocenters. The molecule has 2 nitrogen and oxygen atoms in total. The Morgan fingerprint density at radius 2 is 2.07 bits per heavy atom. The largest absolute Gasteiger partial charge is 0.307 e. The van der Waals surface area contributed by atoms with E-state index in [4.69, 9.17) is 0 Å². The van der Waals surface area contributed by atoms with Crippen molar-refractivity contribution < 1.29 is 4.79 Å². The van der Waals surface area contributed by atoms with Crippen LogP contribution in [0.5, 0.6) is 0 Å². The van der Waals surface area contributed by atoms with E-state index in [1.54, 1.807) is 0 Å². The number of hydrogen-bond acceptors (Lipinski definition) is 2. The van der Waals surface area contributed by atoms with Gasteiger partial charge in [-0.15, -0.1) is 0 Å². The van der Waals surface area contributed by atoms with Gasteiger partial charge < -0.3 is 5.32 Å². The Morgan fingerprint density at radius 1 is 1.43 bits per heavy atom. The van der Waals surface area contributed by atoms with Crippen LogP contribution in [0, 0.1) is 5.41 Å². The molecule has 82 valence electrons. The van der Waals surface area contributed by atoms with E-state index in [-0.39, 0.29) is 11.5 Å². The molecule has 0 radical (unpaired) electrons. The van der Waals surface area contributed by atoms with E-state index in [1.807, 2.05) is 0 Å². The van der Waals surface area contributed by atoms with Gasteiger partial charge in [-0.1, -0.05) is 40.0 Å². The lowest BCUT2D eigenvalue weighted by Crippen LogP contribution is -2.52. The fourth-order valence-electron chi connectivity index (χ4n) is 1.92. The SMILES string of the molecule is CCCCCC(C)(C)C(=O)[C@H]1CCN1. The lowest BCUT2D eigenvalue weighted by atomic mass is 9.77. The summed E-state index contributed by atoms with van der Waals surface area (Å²) < 4.78 is 0. The van der Waals surface area contributed by atoms with Crippen molar-refractivity contribution in [2.45, 2.75) is 58.9 Å². The highest BCUT2D eigenvalue weighted by Gasteiger charge is 2.35. The molecule has 1 rings (SSSR count). The topological polar surface area (TPSA) is 29.1 Å². The Morgan fingerprint density at radius 3 is 2.50 bits per heavy atom. The van der Waals surface area contributed by atoms with Crippen LogP contribution in [0.2, 0.25) is 0 Å². The second-order valence-corrected chi connectivity index (χ2v) is 5.00. The number of unbranched alkanes of at least 4 members (excludes halogenated alkanes) is 2. The first-order valence-corrected chi connectivity index (χ1v) is 5.85. The van der Waals surface area contributed by atoms with E-state index < -0.39 is 0 Å². The van der Waals surface area contributed by atoms with Gasteiger partial charge in [0.25, 0.3) is 0 Å². The highest BCUT2D eigenvalue weighted by molar-refractivity contribution is 5.89. The number of carbonyl (C=O) groups excluding carboxylic acids is 1. The van der Waals surface area contributed by atoms with Crippen LogP contribution in [0.3, 0.4) is 0 Å². The average Bonchev–Trinajstić information content (AvgIpc) is 2.01. The van der Waals surface area contributed by atoms with Gasteiger partial charge in [0.15, 0.2) is 5.78 Å². The first kappa shape index (κ1) is 11.7. The molecule has 1 heterocycles. The van der Waals surface area contributed by atoms with Crippen LogP contribution in [0.15, 0.2) is 0 Å². The molecule has 1 fully saturated rings. The molecule has 1 aliphatic rings. The average molecular weight is 197 g/mol. The van der Waals surface area contributed by atoms with E-state index in [0.29, 0.717) is 5.78 Å². The maximum absolute atomic E-state index is 12.0. The second-order valence-electron chi connectivity index (χ2n) is 5.00. The van der Waals surface area contributed by atoms with Gasteiger partial charge in [-0.05, 0) is 19.4 Å². The molecule has 1 N–H and O–H groups in total. The van der Waals surface area contributed by atoms with Crippen LogP contribution in [-0.2, 0) is 4.79 Å². The summed E-state index contributed by atoms with van der Waals surface area (Å²) in [6, 6.07) is 0.159. The van der Waals surface area contributed by atoms with E-state index in [0.717, 1.165) is 19.4 Å². The fraction of sp³-hybridized carbons (Fsp3) is 0.917. The number of ketones is 1. The summed E-state index contributed by atoms with van der Waals surface area (Å²) in [7, 11) is 0. The molecule has 0 amide bonds. The van der Waals surface area contributed by atoms with Crippen molar-refractivity contribution in [3.63, 3.8) is 0 Å². The first-order valence-electron chi connectivity index (χ1n) is 5.85. The normalized spacial score (nSPS) is 21.8. The van der Waals surface area contributed by atoms with Gasteiger partial charge in [0.05, 0.1) is 6.04 Å². The Kier molecular flexibility index (Phi) is 4.11. The summed E-state index contributed by atoms with van der Waals surface area (Å²) in [5, 5.41) is 3.19. The van der Waals surface area contributed by atoms with Crippen LogP contribution >= 0.6 is 0 Å². The Bertz CT molecular complexity index is 194. The summed E-state index contributed by atoms with van der Waals surface area (Å²) in [6.07, 6.45) is 5.73. The molecule has 0 aromatic rings. The number of nitrogens with one attached hydrogen (secondary N) is 1. The van der Waals surface area contributed by atoms with E-state index in [2.05, 4.69) is 26.1 Å². The predicted molar refractivity (Wildman–Crippen MR) is 59.3 cm³/mol. The lowest BCUT2D eigenvalue weighted by Gasteiger charge is -2.34. The third-order valence-electron chi connectivity index (χ3n) is 3.21.